The third-order valence-electron chi connectivity index (χ3n) is 1.57. The van der Waals surface area contributed by atoms with Gasteiger partial charge in [-0.3, -0.25) is 4.79 Å². The largest absolute Gasteiger partial charge is 0.392 e. The zero-order valence-corrected chi connectivity index (χ0v) is 5.61. The Morgan fingerprint density at radius 2 is 2.33 bits per heavy atom. The van der Waals surface area contributed by atoms with Crippen molar-refractivity contribution in [3.63, 3.8) is 0 Å². The lowest BCUT2D eigenvalue weighted by Crippen LogP contribution is -2.12. The lowest BCUT2D eigenvalue weighted by molar-refractivity contribution is -0.118. The molecule has 1 aliphatic carbocycles. The molecule has 50 valence electrons. The van der Waals surface area contributed by atoms with Gasteiger partial charge in [0.05, 0.1) is 0 Å². The molecule has 2 nitrogen and oxygen atoms in total. The first-order valence-electron chi connectivity index (χ1n) is 3.21. The Bertz CT molecular complexity index is 149. The van der Waals surface area contributed by atoms with Crippen LogP contribution in [-0.4, -0.2) is 12.8 Å². The van der Waals surface area contributed by atoms with E-state index in [1.54, 1.807) is 0 Å². The minimum atomic E-state index is 0.356. The van der Waals surface area contributed by atoms with Gasteiger partial charge >= 0.3 is 0 Å². The van der Waals surface area contributed by atoms with Gasteiger partial charge in [-0.05, 0) is 6.42 Å². The highest BCUT2D eigenvalue weighted by Gasteiger charge is 2.07. The summed E-state index contributed by atoms with van der Waals surface area (Å²) in [5.41, 5.74) is 1.20. The van der Waals surface area contributed by atoms with Crippen LogP contribution in [0.1, 0.15) is 19.3 Å². The number of hydrogen-bond donors (Lipinski definition) is 1. The fourth-order valence-electron chi connectivity index (χ4n) is 0.942. The SMILES string of the molecule is CNC1=CCC(=O)CC1. The maximum atomic E-state index is 10.7. The maximum Gasteiger partial charge on any atom is 0.137 e. The molecule has 0 aromatic carbocycles. The third kappa shape index (κ3) is 1.56. The number of ketones is 1. The average Bonchev–Trinajstić information content (AvgIpc) is 1.90. The molecular formula is C7H11NO. The molecule has 0 aliphatic heterocycles. The quantitative estimate of drug-likeness (QED) is 0.562. The Kier molecular flexibility index (Phi) is 1.88. The molecule has 0 unspecified atom stereocenters. The minimum Gasteiger partial charge on any atom is -0.392 e. The van der Waals surface area contributed by atoms with E-state index in [1.165, 1.54) is 5.70 Å². The van der Waals surface area contributed by atoms with Crippen LogP contribution in [0, 0.1) is 0 Å². The van der Waals surface area contributed by atoms with Crippen LogP contribution >= 0.6 is 0 Å². The summed E-state index contributed by atoms with van der Waals surface area (Å²) in [5.74, 6) is 0.356. The molecule has 1 rings (SSSR count). The number of carbonyl (C=O) groups is 1. The average molecular weight is 125 g/mol. The van der Waals surface area contributed by atoms with Crippen LogP contribution in [-0.2, 0) is 4.79 Å². The Hall–Kier alpha value is -0.790. The predicted molar refractivity (Wildman–Crippen MR) is 36.0 cm³/mol. The van der Waals surface area contributed by atoms with Crippen LogP contribution in [0.2, 0.25) is 0 Å². The van der Waals surface area contributed by atoms with Gasteiger partial charge in [-0.2, -0.15) is 0 Å². The first-order valence-corrected chi connectivity index (χ1v) is 3.21. The standard InChI is InChI=1S/C7H11NO/c1-8-6-2-4-7(9)5-3-6/h2,8H,3-5H2,1H3. The topological polar surface area (TPSA) is 29.1 Å². The molecule has 9 heavy (non-hydrogen) atoms. The van der Waals surface area contributed by atoms with Crippen molar-refractivity contribution in [3.8, 4) is 0 Å². The zero-order valence-electron chi connectivity index (χ0n) is 5.61. The molecule has 0 amide bonds. The molecule has 1 N–H and O–H groups in total. The van der Waals surface area contributed by atoms with E-state index in [0.717, 1.165) is 6.42 Å². The predicted octanol–water partition coefficient (Wildman–Crippen LogP) is 0.843. The lowest BCUT2D eigenvalue weighted by atomic mass is 10.0. The van der Waals surface area contributed by atoms with Crippen molar-refractivity contribution in [2.45, 2.75) is 19.3 Å². The smallest absolute Gasteiger partial charge is 0.137 e. The Morgan fingerprint density at radius 1 is 1.56 bits per heavy atom. The molecule has 0 aromatic heterocycles. The summed E-state index contributed by atoms with van der Waals surface area (Å²) in [6, 6.07) is 0. The Balaban J connectivity index is 2.50. The van der Waals surface area contributed by atoms with Gasteiger partial charge in [-0.15, -0.1) is 0 Å². The van der Waals surface area contributed by atoms with Crippen molar-refractivity contribution in [2.75, 3.05) is 7.05 Å². The molecule has 0 spiro atoms. The van der Waals surface area contributed by atoms with Gasteiger partial charge in [-0.1, -0.05) is 6.08 Å². The van der Waals surface area contributed by atoms with Gasteiger partial charge in [0.25, 0.3) is 0 Å². The Morgan fingerprint density at radius 3 is 2.78 bits per heavy atom. The van der Waals surface area contributed by atoms with Crippen molar-refractivity contribution in [2.24, 2.45) is 0 Å². The summed E-state index contributed by atoms with van der Waals surface area (Å²) in [6.07, 6.45) is 4.20. The first-order chi connectivity index (χ1) is 4.33. The molecule has 2 heteroatoms. The number of allylic oxidation sites excluding steroid dienone is 2. The van der Waals surface area contributed by atoms with E-state index in [-0.39, 0.29) is 0 Å². The Labute approximate surface area is 54.9 Å². The summed E-state index contributed by atoms with van der Waals surface area (Å²) in [6.45, 7) is 0. The highest BCUT2D eigenvalue weighted by atomic mass is 16.1. The van der Waals surface area contributed by atoms with Crippen molar-refractivity contribution >= 4 is 5.78 Å². The van der Waals surface area contributed by atoms with Crippen LogP contribution in [0.5, 0.6) is 0 Å². The van der Waals surface area contributed by atoms with Crippen molar-refractivity contribution < 1.29 is 4.79 Å². The molecule has 0 bridgehead atoms. The van der Waals surface area contributed by atoms with E-state index in [0.29, 0.717) is 18.6 Å². The van der Waals surface area contributed by atoms with Gasteiger partial charge in [0.15, 0.2) is 0 Å². The van der Waals surface area contributed by atoms with Crippen molar-refractivity contribution in [1.82, 2.24) is 5.32 Å². The minimum absolute atomic E-state index is 0.356. The van der Waals surface area contributed by atoms with Crippen LogP contribution in [0.4, 0.5) is 0 Å². The summed E-state index contributed by atoms with van der Waals surface area (Å²) >= 11 is 0. The highest BCUT2D eigenvalue weighted by molar-refractivity contribution is 5.81. The molecular weight excluding hydrogens is 114 g/mol. The first kappa shape index (κ1) is 6.33. The van der Waals surface area contributed by atoms with E-state index >= 15 is 0 Å². The second kappa shape index (κ2) is 2.67. The normalized spacial score (nSPS) is 19.2. The van der Waals surface area contributed by atoms with Crippen molar-refractivity contribution in [1.29, 1.82) is 0 Å². The van der Waals surface area contributed by atoms with Gasteiger partial charge in [0.2, 0.25) is 0 Å². The molecule has 0 aromatic rings. The molecule has 0 atom stereocenters. The fraction of sp³-hybridized carbons (Fsp3) is 0.571. The fourth-order valence-corrected chi connectivity index (χ4v) is 0.942. The number of carbonyl (C=O) groups excluding carboxylic acids is 1. The van der Waals surface area contributed by atoms with Gasteiger partial charge < -0.3 is 5.32 Å². The molecule has 0 heterocycles. The number of Topliss-reactive ketones (excluding diaryl/α,β-unsaturated/α-hetero) is 1. The summed E-state index contributed by atoms with van der Waals surface area (Å²) < 4.78 is 0. The molecule has 1 aliphatic rings. The highest BCUT2D eigenvalue weighted by Crippen LogP contribution is 2.10. The number of rotatable bonds is 1. The summed E-state index contributed by atoms with van der Waals surface area (Å²) in [4.78, 5) is 10.7. The van der Waals surface area contributed by atoms with Gasteiger partial charge in [-0.25, -0.2) is 0 Å². The second-order valence-corrected chi connectivity index (χ2v) is 2.22. The third-order valence-corrected chi connectivity index (χ3v) is 1.57. The summed E-state index contributed by atoms with van der Waals surface area (Å²) in [5, 5.41) is 3.03. The molecule has 0 fully saturated rings. The van der Waals surface area contributed by atoms with E-state index < -0.39 is 0 Å². The van der Waals surface area contributed by atoms with Gasteiger partial charge in [0, 0.05) is 25.6 Å². The lowest BCUT2D eigenvalue weighted by Gasteiger charge is -2.10. The van der Waals surface area contributed by atoms with E-state index in [4.69, 9.17) is 0 Å². The van der Waals surface area contributed by atoms with E-state index in [9.17, 15) is 4.79 Å². The van der Waals surface area contributed by atoms with Crippen molar-refractivity contribution in [3.05, 3.63) is 11.8 Å². The maximum absolute atomic E-state index is 10.7. The number of nitrogens with one attached hydrogen (secondary N) is 1. The molecule has 0 radical (unpaired) electrons. The molecule has 0 saturated carbocycles. The van der Waals surface area contributed by atoms with Crippen LogP contribution < -0.4 is 5.32 Å². The number of hydrogen-bond acceptors (Lipinski definition) is 2. The van der Waals surface area contributed by atoms with E-state index in [2.05, 4.69) is 5.32 Å². The zero-order chi connectivity index (χ0) is 6.69. The second-order valence-electron chi connectivity index (χ2n) is 2.22. The molecule has 0 saturated heterocycles. The van der Waals surface area contributed by atoms with Crippen LogP contribution in [0.25, 0.3) is 0 Å². The van der Waals surface area contributed by atoms with Crippen LogP contribution in [0.3, 0.4) is 0 Å². The summed E-state index contributed by atoms with van der Waals surface area (Å²) in [7, 11) is 1.89. The monoisotopic (exact) mass is 125 g/mol. The van der Waals surface area contributed by atoms with Gasteiger partial charge in [0.1, 0.15) is 5.78 Å². The van der Waals surface area contributed by atoms with Crippen LogP contribution in [0.15, 0.2) is 11.8 Å². The van der Waals surface area contributed by atoms with E-state index in [1.807, 2.05) is 13.1 Å².